The Morgan fingerprint density at radius 1 is 1.20 bits per heavy atom. The topological polar surface area (TPSA) is 110 Å². The van der Waals surface area contributed by atoms with Crippen molar-refractivity contribution in [2.75, 3.05) is 32.1 Å². The highest BCUT2D eigenvalue weighted by molar-refractivity contribution is 7.92. The van der Waals surface area contributed by atoms with Gasteiger partial charge in [-0.2, -0.15) is 9.46 Å². The molecule has 0 spiro atoms. The van der Waals surface area contributed by atoms with Crippen molar-refractivity contribution in [3.63, 3.8) is 0 Å². The molecule has 0 aliphatic heterocycles. The average Bonchev–Trinajstić information content (AvgIpc) is 3.26. The second-order valence-corrected chi connectivity index (χ2v) is 11.3. The molecule has 1 aromatic carbocycles. The number of nitrogens with zero attached hydrogens (tertiary/aromatic N) is 5. The molecular formula is C24H29ClN6O3S. The van der Waals surface area contributed by atoms with Crippen LogP contribution in [0, 0.1) is 0 Å². The molecule has 0 aliphatic carbocycles. The van der Waals surface area contributed by atoms with Crippen molar-refractivity contribution in [3.8, 4) is 0 Å². The van der Waals surface area contributed by atoms with Crippen LogP contribution in [0.5, 0.6) is 0 Å². The van der Waals surface area contributed by atoms with Crippen molar-refractivity contribution >= 4 is 38.8 Å². The van der Waals surface area contributed by atoms with Crippen LogP contribution >= 0.6 is 11.6 Å². The molecule has 35 heavy (non-hydrogen) atoms. The van der Waals surface area contributed by atoms with Gasteiger partial charge in [-0.1, -0.05) is 41.9 Å². The molecule has 0 aliphatic rings. The van der Waals surface area contributed by atoms with Crippen molar-refractivity contribution in [1.29, 1.82) is 0 Å². The fraction of sp³-hybridized carbons (Fsp3) is 0.333. The molecule has 2 heterocycles. The normalized spacial score (nSPS) is 12.1. The molecule has 1 N–H and O–H groups in total. The van der Waals surface area contributed by atoms with E-state index in [1.807, 2.05) is 30.3 Å². The molecule has 11 heteroatoms. The zero-order chi connectivity index (χ0) is 25.4. The van der Waals surface area contributed by atoms with Crippen LogP contribution in [0.15, 0.2) is 65.4 Å². The zero-order valence-corrected chi connectivity index (χ0v) is 21.5. The van der Waals surface area contributed by atoms with Crippen molar-refractivity contribution < 1.29 is 13.8 Å². The molecule has 0 radical (unpaired) electrons. The van der Waals surface area contributed by atoms with Gasteiger partial charge in [-0.25, -0.2) is 4.21 Å². The van der Waals surface area contributed by atoms with Gasteiger partial charge < -0.3 is 10.2 Å². The van der Waals surface area contributed by atoms with Gasteiger partial charge in [-0.15, -0.1) is 0 Å². The quantitative estimate of drug-likeness (QED) is 0.444. The summed E-state index contributed by atoms with van der Waals surface area (Å²) in [7, 11) is -2.38. The predicted molar refractivity (Wildman–Crippen MR) is 137 cm³/mol. The smallest absolute Gasteiger partial charge is 0.272 e. The molecule has 1 atom stereocenters. The van der Waals surface area contributed by atoms with E-state index in [1.165, 1.54) is 35.7 Å². The second kappa shape index (κ2) is 11.9. The first-order valence-electron chi connectivity index (χ1n) is 11.1. The molecule has 2 aromatic heterocycles. The highest BCUT2D eigenvalue weighted by Gasteiger charge is 2.20. The molecule has 1 unspecified atom stereocenters. The van der Waals surface area contributed by atoms with E-state index in [2.05, 4.69) is 19.8 Å². The Morgan fingerprint density at radius 3 is 2.60 bits per heavy atom. The number of rotatable bonds is 10. The van der Waals surface area contributed by atoms with Crippen LogP contribution in [0.2, 0.25) is 5.02 Å². The molecule has 0 saturated carbocycles. The number of benzene rings is 1. The first-order valence-corrected chi connectivity index (χ1v) is 13.8. The molecule has 0 fully saturated rings. The predicted octanol–water partition coefficient (Wildman–Crippen LogP) is 3.35. The van der Waals surface area contributed by atoms with Gasteiger partial charge in [0.2, 0.25) is 5.91 Å². The first kappa shape index (κ1) is 26.4. The molecule has 2 amide bonds. The summed E-state index contributed by atoms with van der Waals surface area (Å²) in [4.78, 5) is 31.7. The van der Waals surface area contributed by atoms with Gasteiger partial charge in [-0.05, 0) is 31.0 Å². The number of hydrogen-bond acceptors (Lipinski definition) is 6. The van der Waals surface area contributed by atoms with E-state index >= 15 is 0 Å². The standard InChI is InChI=1S/C24H29ClN6O3S/c1-18(31-17-20(25)16-28-31)23(32)27-12-14-30(13-10-19-7-5-4-6-8-19)24(33)22-15-21(9-11-26-22)29-35(2,3)34/h4-9,11,15-18H,10,12-14H2,1-3H3,(H,27,32). The number of aromatic nitrogens is 3. The first-order chi connectivity index (χ1) is 16.6. The minimum atomic E-state index is -2.38. The van der Waals surface area contributed by atoms with Gasteiger partial charge in [0.15, 0.2) is 0 Å². The van der Waals surface area contributed by atoms with Crippen molar-refractivity contribution in [1.82, 2.24) is 25.0 Å². The third-order valence-electron chi connectivity index (χ3n) is 5.12. The summed E-state index contributed by atoms with van der Waals surface area (Å²) in [5.41, 5.74) is 1.72. The number of carbonyl (C=O) groups is 2. The van der Waals surface area contributed by atoms with E-state index in [4.69, 9.17) is 11.6 Å². The number of carbonyl (C=O) groups excluding carboxylic acids is 2. The van der Waals surface area contributed by atoms with E-state index in [9.17, 15) is 13.8 Å². The van der Waals surface area contributed by atoms with Crippen LogP contribution in [0.25, 0.3) is 0 Å². The minimum Gasteiger partial charge on any atom is -0.352 e. The van der Waals surface area contributed by atoms with Gasteiger partial charge in [0, 0.05) is 54.3 Å². The number of pyridine rings is 1. The van der Waals surface area contributed by atoms with Crippen LogP contribution in [-0.4, -0.2) is 67.8 Å². The zero-order valence-electron chi connectivity index (χ0n) is 19.9. The number of hydrogen-bond donors (Lipinski definition) is 1. The fourth-order valence-corrected chi connectivity index (χ4v) is 4.11. The Bertz CT molecular complexity index is 1280. The lowest BCUT2D eigenvalue weighted by molar-refractivity contribution is -0.124. The Kier molecular flexibility index (Phi) is 9.00. The maximum Gasteiger partial charge on any atom is 0.272 e. The molecule has 186 valence electrons. The monoisotopic (exact) mass is 516 g/mol. The van der Waals surface area contributed by atoms with Gasteiger partial charge >= 0.3 is 0 Å². The van der Waals surface area contributed by atoms with Crippen LogP contribution < -0.4 is 5.32 Å². The van der Waals surface area contributed by atoms with Gasteiger partial charge in [0.1, 0.15) is 11.7 Å². The maximum absolute atomic E-state index is 13.3. The Balaban J connectivity index is 1.71. The van der Waals surface area contributed by atoms with Gasteiger partial charge in [0.05, 0.1) is 16.9 Å². The van der Waals surface area contributed by atoms with E-state index in [-0.39, 0.29) is 30.6 Å². The van der Waals surface area contributed by atoms with Crippen molar-refractivity contribution in [2.24, 2.45) is 4.36 Å². The van der Waals surface area contributed by atoms with Crippen molar-refractivity contribution in [2.45, 2.75) is 19.4 Å². The van der Waals surface area contributed by atoms with Gasteiger partial charge in [-0.3, -0.25) is 19.3 Å². The largest absolute Gasteiger partial charge is 0.352 e. The van der Waals surface area contributed by atoms with Crippen LogP contribution in [0.4, 0.5) is 5.69 Å². The number of nitrogens with one attached hydrogen (secondary N) is 1. The maximum atomic E-state index is 13.3. The molecule has 0 saturated heterocycles. The summed E-state index contributed by atoms with van der Waals surface area (Å²) < 4.78 is 17.7. The molecule has 0 bridgehead atoms. The number of halogens is 1. The van der Waals surface area contributed by atoms with Gasteiger partial charge in [0.25, 0.3) is 5.91 Å². The Morgan fingerprint density at radius 2 is 1.94 bits per heavy atom. The lowest BCUT2D eigenvalue weighted by Crippen LogP contribution is -2.41. The third kappa shape index (κ3) is 8.18. The summed E-state index contributed by atoms with van der Waals surface area (Å²) in [6.07, 6.45) is 8.23. The average molecular weight is 517 g/mol. The third-order valence-corrected chi connectivity index (χ3v) is 5.96. The summed E-state index contributed by atoms with van der Waals surface area (Å²) >= 11 is 5.89. The summed E-state index contributed by atoms with van der Waals surface area (Å²) in [5.74, 6) is -0.530. The summed E-state index contributed by atoms with van der Waals surface area (Å²) in [6, 6.07) is 12.4. The minimum absolute atomic E-state index is 0.203. The molecule has 9 nitrogen and oxygen atoms in total. The molecule has 3 aromatic rings. The fourth-order valence-electron chi connectivity index (χ4n) is 3.34. The lowest BCUT2D eigenvalue weighted by Gasteiger charge is -2.23. The van der Waals surface area contributed by atoms with E-state index in [0.29, 0.717) is 23.7 Å². The highest BCUT2D eigenvalue weighted by atomic mass is 35.5. The number of amides is 2. The van der Waals surface area contributed by atoms with E-state index in [1.54, 1.807) is 24.1 Å². The highest BCUT2D eigenvalue weighted by Crippen LogP contribution is 2.16. The second-order valence-electron chi connectivity index (χ2n) is 8.31. The van der Waals surface area contributed by atoms with Crippen LogP contribution in [-0.2, 0) is 20.9 Å². The SMILES string of the molecule is CC(C(=O)NCCN(CCc1ccccc1)C(=O)c1cc(N=S(C)(C)=O)ccn1)n1cc(Cl)cn1. The van der Waals surface area contributed by atoms with E-state index < -0.39 is 15.8 Å². The van der Waals surface area contributed by atoms with Crippen molar-refractivity contribution in [3.05, 3.63) is 77.3 Å². The Labute approximate surface area is 210 Å². The van der Waals surface area contributed by atoms with Crippen LogP contribution in [0.1, 0.15) is 29.0 Å². The summed E-state index contributed by atoms with van der Waals surface area (Å²) in [6.45, 7) is 2.69. The lowest BCUT2D eigenvalue weighted by atomic mass is 10.1. The summed E-state index contributed by atoms with van der Waals surface area (Å²) in [5, 5.41) is 7.37. The molecule has 3 rings (SSSR count). The Hall–Kier alpha value is -3.24. The van der Waals surface area contributed by atoms with Crippen LogP contribution in [0.3, 0.4) is 0 Å². The molecular weight excluding hydrogens is 488 g/mol. The van der Waals surface area contributed by atoms with E-state index in [0.717, 1.165) is 5.56 Å².